The van der Waals surface area contributed by atoms with Crippen molar-refractivity contribution >= 4 is 11.9 Å². The Hall–Kier alpha value is -1.40. The van der Waals surface area contributed by atoms with Gasteiger partial charge in [0, 0.05) is 12.8 Å². The molecule has 6 nitrogen and oxygen atoms in total. The van der Waals surface area contributed by atoms with Crippen LogP contribution in [0.15, 0.2) is 12.2 Å². The van der Waals surface area contributed by atoms with E-state index >= 15 is 0 Å². The van der Waals surface area contributed by atoms with E-state index in [4.69, 9.17) is 4.74 Å². The van der Waals surface area contributed by atoms with Crippen LogP contribution in [0, 0.1) is 0 Å². The molecule has 0 aliphatic heterocycles. The molecule has 0 heterocycles. The Labute approximate surface area is 469 Å². The second-order valence-electron chi connectivity index (χ2n) is 23.9. The van der Waals surface area contributed by atoms with Gasteiger partial charge in [-0.05, 0) is 51.4 Å². The molecule has 0 aromatic rings. The molecule has 6 heteroatoms. The van der Waals surface area contributed by atoms with E-state index in [1.165, 1.54) is 321 Å². The van der Waals surface area contributed by atoms with Crippen LogP contribution in [0.5, 0.6) is 0 Å². The molecule has 0 rings (SSSR count). The van der Waals surface area contributed by atoms with Crippen molar-refractivity contribution in [1.29, 1.82) is 0 Å². The number of hydrogen-bond acceptors (Lipinski definition) is 5. The molecule has 0 aromatic carbocycles. The molecule has 0 saturated heterocycles. The molecule has 0 radical (unpaired) electrons. The van der Waals surface area contributed by atoms with Crippen LogP contribution in [0.3, 0.4) is 0 Å². The summed E-state index contributed by atoms with van der Waals surface area (Å²) in [6.07, 6.45) is 79.6. The summed E-state index contributed by atoms with van der Waals surface area (Å²) in [5, 5.41) is 23.4. The molecule has 0 fully saturated rings. The first-order chi connectivity index (χ1) is 37.0. The quantitative estimate of drug-likeness (QED) is 0.0320. The standard InChI is InChI=1S/C69H135NO5/c1-3-5-7-9-11-13-15-17-18-19-20-21-22-23-24-25-28-31-34-38-41-45-49-53-57-61-67(72)66(65-71)70-68(73)62-58-54-50-46-42-39-35-32-29-26-27-30-33-36-40-44-48-52-56-60-64-75-69(74)63-59-55-51-47-43-37-16-14-12-10-8-6-4-2/h26,29,66-67,71-72H,3-25,27-28,30-65H2,1-2H3,(H,70,73)/b29-26-. The van der Waals surface area contributed by atoms with Crippen molar-refractivity contribution in [2.75, 3.05) is 13.2 Å². The van der Waals surface area contributed by atoms with Crippen molar-refractivity contribution in [1.82, 2.24) is 5.32 Å². The molecule has 3 N–H and O–H groups in total. The van der Waals surface area contributed by atoms with Crippen molar-refractivity contribution in [2.24, 2.45) is 0 Å². The number of unbranched alkanes of at least 4 members (excludes halogenated alkanes) is 52. The Kier molecular flexibility index (Phi) is 63.9. The minimum Gasteiger partial charge on any atom is -0.466 e. The highest BCUT2D eigenvalue weighted by atomic mass is 16.5. The van der Waals surface area contributed by atoms with Gasteiger partial charge in [0.25, 0.3) is 0 Å². The zero-order valence-electron chi connectivity index (χ0n) is 51.1. The molecule has 75 heavy (non-hydrogen) atoms. The van der Waals surface area contributed by atoms with Gasteiger partial charge in [-0.3, -0.25) is 9.59 Å². The number of aliphatic hydroxyl groups is 2. The summed E-state index contributed by atoms with van der Waals surface area (Å²) < 4.78 is 5.48. The van der Waals surface area contributed by atoms with Gasteiger partial charge >= 0.3 is 5.97 Å². The predicted octanol–water partition coefficient (Wildman–Crippen LogP) is 22.0. The summed E-state index contributed by atoms with van der Waals surface area (Å²) in [4.78, 5) is 24.6. The van der Waals surface area contributed by atoms with Crippen LogP contribution in [0.25, 0.3) is 0 Å². The zero-order chi connectivity index (χ0) is 54.3. The van der Waals surface area contributed by atoms with E-state index in [0.29, 0.717) is 25.9 Å². The van der Waals surface area contributed by atoms with Crippen molar-refractivity contribution in [3.05, 3.63) is 12.2 Å². The maximum Gasteiger partial charge on any atom is 0.305 e. The number of ether oxygens (including phenoxy) is 1. The lowest BCUT2D eigenvalue weighted by Crippen LogP contribution is -2.45. The third-order valence-electron chi connectivity index (χ3n) is 16.3. The summed E-state index contributed by atoms with van der Waals surface area (Å²) in [7, 11) is 0. The fourth-order valence-corrected chi connectivity index (χ4v) is 11.1. The molecule has 2 unspecified atom stereocenters. The number of aliphatic hydroxyl groups excluding tert-OH is 2. The number of allylic oxidation sites excluding steroid dienone is 2. The molecular formula is C69H135NO5. The Bertz CT molecular complexity index is 1130. The third kappa shape index (κ3) is 61.7. The van der Waals surface area contributed by atoms with Gasteiger partial charge < -0.3 is 20.3 Å². The Morgan fingerprint density at radius 2 is 0.627 bits per heavy atom. The minimum atomic E-state index is -0.671. The number of rotatable bonds is 65. The number of carbonyl (C=O) groups excluding carboxylic acids is 2. The first-order valence-corrected chi connectivity index (χ1v) is 34.4. The second kappa shape index (κ2) is 65.1. The van der Waals surface area contributed by atoms with E-state index in [0.717, 1.165) is 38.5 Å². The fraction of sp³-hybridized carbons (Fsp3) is 0.942. The zero-order valence-corrected chi connectivity index (χ0v) is 51.1. The Morgan fingerprint density at radius 1 is 0.360 bits per heavy atom. The van der Waals surface area contributed by atoms with Crippen molar-refractivity contribution < 1.29 is 24.5 Å². The lowest BCUT2D eigenvalue weighted by molar-refractivity contribution is -0.143. The average Bonchev–Trinajstić information content (AvgIpc) is 3.41. The third-order valence-corrected chi connectivity index (χ3v) is 16.3. The molecule has 1 amide bonds. The molecule has 2 atom stereocenters. The highest BCUT2D eigenvalue weighted by molar-refractivity contribution is 5.76. The fourth-order valence-electron chi connectivity index (χ4n) is 11.1. The van der Waals surface area contributed by atoms with Gasteiger partial charge in [0.1, 0.15) is 0 Å². The number of carbonyl (C=O) groups is 2. The lowest BCUT2D eigenvalue weighted by Gasteiger charge is -2.22. The second-order valence-corrected chi connectivity index (χ2v) is 23.9. The normalized spacial score (nSPS) is 12.5. The van der Waals surface area contributed by atoms with E-state index in [-0.39, 0.29) is 18.5 Å². The summed E-state index contributed by atoms with van der Waals surface area (Å²) in [6.45, 7) is 4.98. The van der Waals surface area contributed by atoms with Gasteiger partial charge in [-0.1, -0.05) is 341 Å². The summed E-state index contributed by atoms with van der Waals surface area (Å²) >= 11 is 0. The topological polar surface area (TPSA) is 95.9 Å². The van der Waals surface area contributed by atoms with Gasteiger partial charge in [0.2, 0.25) is 5.91 Å². The van der Waals surface area contributed by atoms with Crippen LogP contribution in [-0.2, 0) is 14.3 Å². The molecule has 0 aliphatic carbocycles. The van der Waals surface area contributed by atoms with Gasteiger partial charge in [-0.15, -0.1) is 0 Å². The van der Waals surface area contributed by atoms with E-state index in [1.54, 1.807) is 0 Å². The van der Waals surface area contributed by atoms with Crippen LogP contribution in [0.4, 0.5) is 0 Å². The number of esters is 1. The molecule has 0 spiro atoms. The van der Waals surface area contributed by atoms with E-state index in [9.17, 15) is 19.8 Å². The number of nitrogens with one attached hydrogen (secondary N) is 1. The lowest BCUT2D eigenvalue weighted by atomic mass is 10.0. The average molecular weight is 1060 g/mol. The summed E-state index contributed by atoms with van der Waals surface area (Å²) in [5.41, 5.74) is 0. The SMILES string of the molecule is CCCCCCCCCCCCCCCCCCCCCCCCCCCC(O)C(CO)NC(=O)CCCCCCCCC/C=C\CCCCCCCCCCCOC(=O)CCCCCCCCCCCCCCC. The van der Waals surface area contributed by atoms with Gasteiger partial charge in [0.15, 0.2) is 0 Å². The summed E-state index contributed by atoms with van der Waals surface area (Å²) in [6, 6.07) is -0.549. The van der Waals surface area contributed by atoms with E-state index < -0.39 is 12.1 Å². The first-order valence-electron chi connectivity index (χ1n) is 34.4. The smallest absolute Gasteiger partial charge is 0.305 e. The van der Waals surface area contributed by atoms with E-state index in [1.807, 2.05) is 0 Å². The molecule has 0 aliphatic rings. The Morgan fingerprint density at radius 3 is 0.947 bits per heavy atom. The minimum absolute atomic E-state index is 0.00903. The number of hydrogen-bond donors (Lipinski definition) is 3. The largest absolute Gasteiger partial charge is 0.466 e. The van der Waals surface area contributed by atoms with Crippen LogP contribution in [-0.4, -0.2) is 47.4 Å². The monoisotopic (exact) mass is 1060 g/mol. The van der Waals surface area contributed by atoms with Crippen LogP contribution >= 0.6 is 0 Å². The molecular weight excluding hydrogens is 923 g/mol. The maximum absolute atomic E-state index is 12.5. The van der Waals surface area contributed by atoms with Gasteiger partial charge in [-0.25, -0.2) is 0 Å². The molecule has 0 aromatic heterocycles. The summed E-state index contributed by atoms with van der Waals surface area (Å²) in [5.74, 6) is -0.0294. The maximum atomic E-state index is 12.5. The predicted molar refractivity (Wildman–Crippen MR) is 329 cm³/mol. The van der Waals surface area contributed by atoms with Crippen molar-refractivity contribution in [3.8, 4) is 0 Å². The Balaban J connectivity index is 3.42. The van der Waals surface area contributed by atoms with Crippen molar-refractivity contribution in [3.63, 3.8) is 0 Å². The first kappa shape index (κ1) is 73.6. The molecule has 446 valence electrons. The van der Waals surface area contributed by atoms with Gasteiger partial charge in [-0.2, -0.15) is 0 Å². The highest BCUT2D eigenvalue weighted by Gasteiger charge is 2.20. The van der Waals surface area contributed by atoms with Crippen LogP contribution in [0.2, 0.25) is 0 Å². The highest BCUT2D eigenvalue weighted by Crippen LogP contribution is 2.19. The van der Waals surface area contributed by atoms with E-state index in [2.05, 4.69) is 31.3 Å². The van der Waals surface area contributed by atoms with Gasteiger partial charge in [0.05, 0.1) is 25.4 Å². The van der Waals surface area contributed by atoms with Crippen LogP contribution in [0.1, 0.15) is 393 Å². The number of amides is 1. The molecule has 0 saturated carbocycles. The molecule has 0 bridgehead atoms. The van der Waals surface area contributed by atoms with Crippen molar-refractivity contribution in [2.45, 2.75) is 405 Å². The van der Waals surface area contributed by atoms with Crippen LogP contribution < -0.4 is 5.32 Å².